The Bertz CT molecular complexity index is 896. The number of para-hydroxylation sites is 2. The first kappa shape index (κ1) is 19.6. The van der Waals surface area contributed by atoms with E-state index in [1.54, 1.807) is 0 Å². The highest BCUT2D eigenvalue weighted by Gasteiger charge is 2.41. The Morgan fingerprint density at radius 1 is 1.00 bits per heavy atom. The number of hydrogen-bond donors (Lipinski definition) is 2. The Kier molecular flexibility index (Phi) is 6.25. The van der Waals surface area contributed by atoms with Crippen molar-refractivity contribution in [1.82, 2.24) is 15.3 Å². The Labute approximate surface area is 171 Å². The molecule has 0 saturated carbocycles. The number of aromatic nitrogens is 2. The number of rotatable bonds is 8. The highest BCUT2D eigenvalue weighted by Crippen LogP contribution is 2.35. The van der Waals surface area contributed by atoms with Gasteiger partial charge in [0.25, 0.3) is 0 Å². The molecule has 1 aromatic heterocycles. The molecular formula is C24H29N3O2. The Morgan fingerprint density at radius 2 is 1.76 bits per heavy atom. The van der Waals surface area contributed by atoms with Crippen molar-refractivity contribution < 1.29 is 9.53 Å². The fourth-order valence-corrected chi connectivity index (χ4v) is 4.21. The fraction of sp³-hybridized carbons (Fsp3) is 0.417. The smallest absolute Gasteiger partial charge is 0.230 e. The first-order chi connectivity index (χ1) is 14.3. The second-order valence-corrected chi connectivity index (χ2v) is 7.83. The third kappa shape index (κ3) is 4.51. The van der Waals surface area contributed by atoms with Crippen LogP contribution in [0.5, 0.6) is 0 Å². The number of hydrogen-bond acceptors (Lipinski definition) is 3. The molecule has 2 N–H and O–H groups in total. The minimum absolute atomic E-state index is 0.143. The first-order valence-corrected chi connectivity index (χ1v) is 10.6. The molecule has 0 spiro atoms. The van der Waals surface area contributed by atoms with Crippen LogP contribution in [0.2, 0.25) is 0 Å². The van der Waals surface area contributed by atoms with Crippen molar-refractivity contribution >= 4 is 16.9 Å². The molecule has 1 aliphatic heterocycles. The van der Waals surface area contributed by atoms with Gasteiger partial charge in [0.05, 0.1) is 16.4 Å². The lowest BCUT2D eigenvalue weighted by molar-refractivity contribution is -0.130. The molecule has 3 aromatic rings. The van der Waals surface area contributed by atoms with Crippen LogP contribution in [-0.2, 0) is 21.4 Å². The van der Waals surface area contributed by atoms with Gasteiger partial charge in [0.1, 0.15) is 5.82 Å². The van der Waals surface area contributed by atoms with Crippen LogP contribution < -0.4 is 5.32 Å². The zero-order valence-electron chi connectivity index (χ0n) is 16.8. The van der Waals surface area contributed by atoms with Crippen molar-refractivity contribution in [3.05, 3.63) is 66.0 Å². The molecule has 2 aromatic carbocycles. The molecule has 1 amide bonds. The van der Waals surface area contributed by atoms with Crippen LogP contribution in [0.25, 0.3) is 11.0 Å². The lowest BCUT2D eigenvalue weighted by atomic mass is 9.73. The molecule has 0 bridgehead atoms. The standard InChI is InChI=1S/C24H29N3O2/c28-23(24(14-17-29-18-15-24)19-9-3-1-4-10-19)25-16-8-2-5-13-22-26-20-11-6-7-12-21(20)27-22/h1,3-4,6-7,9-12H,2,5,8,13-18H2,(H,25,28)(H,26,27). The summed E-state index contributed by atoms with van der Waals surface area (Å²) in [5, 5.41) is 3.19. The summed E-state index contributed by atoms with van der Waals surface area (Å²) in [7, 11) is 0. The monoisotopic (exact) mass is 391 g/mol. The van der Waals surface area contributed by atoms with Gasteiger partial charge >= 0.3 is 0 Å². The predicted molar refractivity (Wildman–Crippen MR) is 115 cm³/mol. The second kappa shape index (κ2) is 9.23. The number of amides is 1. The SMILES string of the molecule is O=C(NCCCCCc1nc2ccccc2[nH]1)C1(c2ccccc2)CCOCC1. The van der Waals surface area contributed by atoms with Gasteiger partial charge in [-0.05, 0) is 43.4 Å². The van der Waals surface area contributed by atoms with Crippen molar-refractivity contribution in [2.75, 3.05) is 19.8 Å². The van der Waals surface area contributed by atoms with E-state index in [0.717, 1.165) is 60.9 Å². The van der Waals surface area contributed by atoms with Crippen molar-refractivity contribution in [3.8, 4) is 0 Å². The normalized spacial score (nSPS) is 16.0. The minimum Gasteiger partial charge on any atom is -0.381 e. The molecule has 5 nitrogen and oxygen atoms in total. The lowest BCUT2D eigenvalue weighted by Gasteiger charge is -2.36. The van der Waals surface area contributed by atoms with Crippen molar-refractivity contribution in [3.63, 3.8) is 0 Å². The Balaban J connectivity index is 1.24. The molecular weight excluding hydrogens is 362 g/mol. The van der Waals surface area contributed by atoms with Crippen LogP contribution in [0.4, 0.5) is 0 Å². The number of fused-ring (bicyclic) bond motifs is 1. The number of imidazole rings is 1. The van der Waals surface area contributed by atoms with E-state index in [-0.39, 0.29) is 5.91 Å². The summed E-state index contributed by atoms with van der Waals surface area (Å²) in [5.41, 5.74) is 2.77. The van der Waals surface area contributed by atoms with Crippen LogP contribution in [-0.4, -0.2) is 35.6 Å². The van der Waals surface area contributed by atoms with Gasteiger partial charge in [-0.15, -0.1) is 0 Å². The molecule has 152 valence electrons. The predicted octanol–water partition coefficient (Wildman–Crippen LogP) is 4.14. The molecule has 0 radical (unpaired) electrons. The van der Waals surface area contributed by atoms with E-state index in [2.05, 4.69) is 33.5 Å². The average Bonchev–Trinajstić information content (AvgIpc) is 3.20. The van der Waals surface area contributed by atoms with Gasteiger partial charge in [-0.2, -0.15) is 0 Å². The fourth-order valence-electron chi connectivity index (χ4n) is 4.21. The summed E-state index contributed by atoms with van der Waals surface area (Å²) in [4.78, 5) is 21.1. The first-order valence-electron chi connectivity index (χ1n) is 10.6. The van der Waals surface area contributed by atoms with E-state index in [0.29, 0.717) is 19.8 Å². The lowest BCUT2D eigenvalue weighted by Crippen LogP contribution is -2.48. The Hall–Kier alpha value is -2.66. The maximum Gasteiger partial charge on any atom is 0.230 e. The molecule has 4 rings (SSSR count). The van der Waals surface area contributed by atoms with E-state index < -0.39 is 5.41 Å². The largest absolute Gasteiger partial charge is 0.381 e. The number of aromatic amines is 1. The van der Waals surface area contributed by atoms with Crippen LogP contribution in [0.15, 0.2) is 54.6 Å². The molecule has 1 aliphatic rings. The highest BCUT2D eigenvalue weighted by atomic mass is 16.5. The molecule has 0 atom stereocenters. The van der Waals surface area contributed by atoms with Gasteiger partial charge < -0.3 is 15.0 Å². The number of nitrogens with zero attached hydrogens (tertiary/aromatic N) is 1. The Morgan fingerprint density at radius 3 is 2.55 bits per heavy atom. The third-order valence-electron chi connectivity index (χ3n) is 5.92. The quantitative estimate of drug-likeness (QED) is 0.567. The molecule has 2 heterocycles. The summed E-state index contributed by atoms with van der Waals surface area (Å²) in [5.74, 6) is 1.18. The number of benzene rings is 2. The second-order valence-electron chi connectivity index (χ2n) is 7.83. The highest BCUT2D eigenvalue weighted by molar-refractivity contribution is 5.88. The number of ether oxygens (including phenoxy) is 1. The number of unbranched alkanes of at least 4 members (excludes halogenated alkanes) is 2. The summed E-state index contributed by atoms with van der Waals surface area (Å²) in [6, 6.07) is 18.3. The number of carbonyl (C=O) groups is 1. The van der Waals surface area contributed by atoms with Crippen molar-refractivity contribution in [2.45, 2.75) is 43.9 Å². The van der Waals surface area contributed by atoms with Gasteiger partial charge in [-0.25, -0.2) is 4.98 Å². The zero-order valence-corrected chi connectivity index (χ0v) is 16.8. The third-order valence-corrected chi connectivity index (χ3v) is 5.92. The molecule has 0 unspecified atom stereocenters. The maximum absolute atomic E-state index is 13.1. The van der Waals surface area contributed by atoms with Gasteiger partial charge in [0.15, 0.2) is 0 Å². The van der Waals surface area contributed by atoms with Crippen LogP contribution in [0.1, 0.15) is 43.5 Å². The topological polar surface area (TPSA) is 67.0 Å². The van der Waals surface area contributed by atoms with Gasteiger partial charge in [-0.3, -0.25) is 4.79 Å². The zero-order chi connectivity index (χ0) is 19.9. The van der Waals surface area contributed by atoms with E-state index in [4.69, 9.17) is 4.74 Å². The number of nitrogens with one attached hydrogen (secondary N) is 2. The van der Waals surface area contributed by atoms with Crippen LogP contribution >= 0.6 is 0 Å². The average molecular weight is 392 g/mol. The van der Waals surface area contributed by atoms with Crippen molar-refractivity contribution in [2.24, 2.45) is 0 Å². The number of carbonyl (C=O) groups excluding carboxylic acids is 1. The number of aryl methyl sites for hydroxylation is 1. The van der Waals surface area contributed by atoms with Crippen LogP contribution in [0.3, 0.4) is 0 Å². The summed E-state index contributed by atoms with van der Waals surface area (Å²) < 4.78 is 5.53. The summed E-state index contributed by atoms with van der Waals surface area (Å²) in [6.07, 6.45) is 5.54. The summed E-state index contributed by atoms with van der Waals surface area (Å²) >= 11 is 0. The number of H-pyrrole nitrogens is 1. The molecule has 1 saturated heterocycles. The minimum atomic E-state index is -0.451. The van der Waals surface area contributed by atoms with Gasteiger partial charge in [0, 0.05) is 26.2 Å². The molecule has 5 heteroatoms. The van der Waals surface area contributed by atoms with Crippen molar-refractivity contribution in [1.29, 1.82) is 0 Å². The van der Waals surface area contributed by atoms with E-state index in [1.165, 1.54) is 0 Å². The van der Waals surface area contributed by atoms with Gasteiger partial charge in [0.2, 0.25) is 5.91 Å². The molecule has 0 aliphatic carbocycles. The van der Waals surface area contributed by atoms with E-state index in [1.807, 2.05) is 36.4 Å². The van der Waals surface area contributed by atoms with E-state index in [9.17, 15) is 4.79 Å². The molecule has 1 fully saturated rings. The van der Waals surface area contributed by atoms with Crippen LogP contribution in [0, 0.1) is 0 Å². The van der Waals surface area contributed by atoms with E-state index >= 15 is 0 Å². The molecule has 29 heavy (non-hydrogen) atoms. The maximum atomic E-state index is 13.1. The summed E-state index contributed by atoms with van der Waals surface area (Å²) in [6.45, 7) is 1.99. The van der Waals surface area contributed by atoms with Gasteiger partial charge in [-0.1, -0.05) is 48.9 Å².